The zero-order valence-corrected chi connectivity index (χ0v) is 9.64. The fraction of sp³-hybridized carbons (Fsp3) is 0.364. The summed E-state index contributed by atoms with van der Waals surface area (Å²) in [6.45, 7) is 0. The first-order chi connectivity index (χ1) is 8.70. The van der Waals surface area contributed by atoms with Crippen molar-refractivity contribution in [2.24, 2.45) is 0 Å². The number of hydrogen-bond acceptors (Lipinski definition) is 4. The molecule has 1 aliphatic heterocycles. The van der Waals surface area contributed by atoms with Gasteiger partial charge in [0.05, 0.1) is 0 Å². The van der Waals surface area contributed by atoms with E-state index in [2.05, 4.69) is 20.4 Å². The number of rotatable bonds is 2. The fourth-order valence-corrected chi connectivity index (χ4v) is 2.16. The molecule has 2 aromatic rings. The number of nitrogens with zero attached hydrogens (tertiary/aromatic N) is 4. The Bertz CT molecular complexity index is 583. The molecule has 0 saturated heterocycles. The van der Waals surface area contributed by atoms with Crippen LogP contribution in [0.4, 0.5) is 14.7 Å². The van der Waals surface area contributed by atoms with Crippen LogP contribution < -0.4 is 5.32 Å². The molecule has 0 bridgehead atoms. The van der Waals surface area contributed by atoms with E-state index in [0.717, 1.165) is 0 Å². The van der Waals surface area contributed by atoms with Crippen LogP contribution in [0, 0.1) is 5.82 Å². The van der Waals surface area contributed by atoms with Gasteiger partial charge in [0.25, 0.3) is 0 Å². The maximum Gasteiger partial charge on any atom is 0.242 e. The number of fused-ring (bicyclic) bond motifs is 1. The number of anilines is 1. The summed E-state index contributed by atoms with van der Waals surface area (Å²) >= 11 is 0. The van der Waals surface area contributed by atoms with Gasteiger partial charge in [-0.05, 0) is 12.1 Å². The van der Waals surface area contributed by atoms with Crippen LogP contribution in [0.25, 0.3) is 0 Å². The fourth-order valence-electron chi connectivity index (χ4n) is 2.16. The van der Waals surface area contributed by atoms with Crippen molar-refractivity contribution < 1.29 is 8.78 Å². The lowest BCUT2D eigenvalue weighted by Gasteiger charge is -2.11. The molecule has 18 heavy (non-hydrogen) atoms. The van der Waals surface area contributed by atoms with Crippen molar-refractivity contribution in [2.45, 2.75) is 18.6 Å². The van der Waals surface area contributed by atoms with Crippen LogP contribution >= 0.6 is 0 Å². The molecular formula is C11H11F2N5. The maximum absolute atomic E-state index is 13.8. The molecule has 0 aliphatic carbocycles. The van der Waals surface area contributed by atoms with E-state index in [1.807, 2.05) is 0 Å². The van der Waals surface area contributed by atoms with E-state index in [0.29, 0.717) is 5.95 Å². The van der Waals surface area contributed by atoms with Crippen molar-refractivity contribution in [1.82, 2.24) is 19.7 Å². The quantitative estimate of drug-likeness (QED) is 0.885. The molecule has 5 nitrogen and oxygen atoms in total. The van der Waals surface area contributed by atoms with Gasteiger partial charge >= 0.3 is 0 Å². The zero-order chi connectivity index (χ0) is 12.7. The number of nitrogens with one attached hydrogen (secondary N) is 1. The molecule has 94 valence electrons. The first-order valence-electron chi connectivity index (χ1n) is 5.59. The third-order valence-corrected chi connectivity index (χ3v) is 2.99. The summed E-state index contributed by atoms with van der Waals surface area (Å²) in [6.07, 6.45) is 0.360. The van der Waals surface area contributed by atoms with Gasteiger partial charge in [0.15, 0.2) is 12.0 Å². The highest BCUT2D eigenvalue weighted by atomic mass is 19.1. The van der Waals surface area contributed by atoms with E-state index in [4.69, 9.17) is 0 Å². The Morgan fingerprint density at radius 1 is 1.50 bits per heavy atom. The predicted molar refractivity (Wildman–Crippen MR) is 60.4 cm³/mol. The first-order valence-corrected chi connectivity index (χ1v) is 5.59. The van der Waals surface area contributed by atoms with Crippen LogP contribution in [0.15, 0.2) is 18.3 Å². The van der Waals surface area contributed by atoms with Gasteiger partial charge in [-0.15, -0.1) is 5.10 Å². The summed E-state index contributed by atoms with van der Waals surface area (Å²) in [5.41, 5.74) is 0.200. The normalized spacial score (nSPS) is 21.9. The highest BCUT2D eigenvalue weighted by Crippen LogP contribution is 2.39. The van der Waals surface area contributed by atoms with Crippen molar-refractivity contribution >= 4 is 5.95 Å². The van der Waals surface area contributed by atoms with Crippen LogP contribution in [-0.2, 0) is 0 Å². The SMILES string of the molecule is CNc1nc2n(n1)C(c1ncccc1F)CC2F. The van der Waals surface area contributed by atoms with Crippen LogP contribution in [0.3, 0.4) is 0 Å². The summed E-state index contributed by atoms with van der Waals surface area (Å²) in [6, 6.07) is 2.27. The maximum atomic E-state index is 13.8. The molecule has 0 saturated carbocycles. The lowest BCUT2D eigenvalue weighted by molar-refractivity contribution is 0.326. The molecule has 0 aromatic carbocycles. The smallest absolute Gasteiger partial charge is 0.242 e. The van der Waals surface area contributed by atoms with Gasteiger partial charge < -0.3 is 5.32 Å². The Balaban J connectivity index is 2.07. The van der Waals surface area contributed by atoms with Crippen molar-refractivity contribution in [3.8, 4) is 0 Å². The van der Waals surface area contributed by atoms with E-state index >= 15 is 0 Å². The minimum atomic E-state index is -1.24. The molecule has 1 aliphatic rings. The second-order valence-electron chi connectivity index (χ2n) is 4.08. The summed E-state index contributed by atoms with van der Waals surface area (Å²) in [5.74, 6) is 0.0900. The van der Waals surface area contributed by atoms with Gasteiger partial charge in [-0.3, -0.25) is 4.98 Å². The number of alkyl halides is 1. The molecule has 1 N–H and O–H groups in total. The van der Waals surface area contributed by atoms with Gasteiger partial charge in [-0.25, -0.2) is 13.5 Å². The average Bonchev–Trinajstić information content (AvgIpc) is 2.91. The summed E-state index contributed by atoms with van der Waals surface area (Å²) in [4.78, 5) is 7.99. The topological polar surface area (TPSA) is 55.6 Å². The van der Waals surface area contributed by atoms with Gasteiger partial charge in [0.1, 0.15) is 17.6 Å². The molecule has 3 heterocycles. The second kappa shape index (κ2) is 4.01. The van der Waals surface area contributed by atoms with E-state index in [9.17, 15) is 8.78 Å². The molecule has 0 fully saturated rings. The highest BCUT2D eigenvalue weighted by Gasteiger charge is 2.37. The minimum Gasteiger partial charge on any atom is -0.356 e. The van der Waals surface area contributed by atoms with Crippen LogP contribution in [-0.4, -0.2) is 26.8 Å². The Kier molecular flexibility index (Phi) is 2.46. The molecule has 0 spiro atoms. The van der Waals surface area contributed by atoms with E-state index in [1.165, 1.54) is 23.0 Å². The average molecular weight is 251 g/mol. The number of aromatic nitrogens is 4. The molecule has 2 unspecified atom stereocenters. The molecule has 3 rings (SSSR count). The monoisotopic (exact) mass is 251 g/mol. The summed E-state index contributed by atoms with van der Waals surface area (Å²) < 4.78 is 28.9. The molecular weight excluding hydrogens is 240 g/mol. The van der Waals surface area contributed by atoms with Crippen molar-refractivity contribution in [3.63, 3.8) is 0 Å². The van der Waals surface area contributed by atoms with Crippen molar-refractivity contribution in [3.05, 3.63) is 35.7 Å². The van der Waals surface area contributed by atoms with Crippen molar-refractivity contribution in [2.75, 3.05) is 12.4 Å². The van der Waals surface area contributed by atoms with Gasteiger partial charge in [0.2, 0.25) is 5.95 Å². The summed E-state index contributed by atoms with van der Waals surface area (Å²) in [7, 11) is 1.65. The van der Waals surface area contributed by atoms with E-state index in [-0.39, 0.29) is 17.9 Å². The van der Waals surface area contributed by atoms with Crippen LogP contribution in [0.1, 0.15) is 30.2 Å². The third-order valence-electron chi connectivity index (χ3n) is 2.99. The molecule has 7 heteroatoms. The molecule has 2 atom stereocenters. The zero-order valence-electron chi connectivity index (χ0n) is 9.64. The Morgan fingerprint density at radius 3 is 3.06 bits per heavy atom. The van der Waals surface area contributed by atoms with Gasteiger partial charge in [-0.1, -0.05) is 0 Å². The number of halogens is 2. The first kappa shape index (κ1) is 11.1. The Hall–Kier alpha value is -2.05. The Labute approximate surface area is 102 Å². The van der Waals surface area contributed by atoms with E-state index < -0.39 is 18.0 Å². The third kappa shape index (κ3) is 1.54. The Morgan fingerprint density at radius 2 is 2.33 bits per heavy atom. The molecule has 0 amide bonds. The number of pyridine rings is 1. The molecule has 0 radical (unpaired) electrons. The van der Waals surface area contributed by atoms with Gasteiger partial charge in [-0.2, -0.15) is 4.98 Å². The van der Waals surface area contributed by atoms with Crippen molar-refractivity contribution in [1.29, 1.82) is 0 Å². The van der Waals surface area contributed by atoms with Crippen LogP contribution in [0.5, 0.6) is 0 Å². The lowest BCUT2D eigenvalue weighted by Crippen LogP contribution is -2.11. The standard InChI is InChI=1S/C11H11F2N5/c1-14-11-16-10-7(13)5-8(18(10)17-11)9-6(12)3-2-4-15-9/h2-4,7-8H,5H2,1H3,(H,14,17). The largest absolute Gasteiger partial charge is 0.356 e. The number of hydrogen-bond donors (Lipinski definition) is 1. The summed E-state index contributed by atoms with van der Waals surface area (Å²) in [5, 5.41) is 6.85. The lowest BCUT2D eigenvalue weighted by atomic mass is 10.1. The predicted octanol–water partition coefficient (Wildman–Crippen LogP) is 1.86. The van der Waals surface area contributed by atoms with E-state index in [1.54, 1.807) is 7.05 Å². The minimum absolute atomic E-state index is 0.118. The second-order valence-corrected chi connectivity index (χ2v) is 4.08. The van der Waals surface area contributed by atoms with Gasteiger partial charge in [0, 0.05) is 19.7 Å². The molecule has 2 aromatic heterocycles. The van der Waals surface area contributed by atoms with Crippen LogP contribution in [0.2, 0.25) is 0 Å². The highest BCUT2D eigenvalue weighted by molar-refractivity contribution is 5.27.